The topological polar surface area (TPSA) is 392 Å². The number of carboxylic acids is 1. The van der Waals surface area contributed by atoms with Gasteiger partial charge >= 0.3 is 12.0 Å². The fraction of sp³-hybridized carbons (Fsp3) is 0.615. The Morgan fingerprint density at radius 1 is 0.848 bits per heavy atom. The number of hydrogen-bond acceptors (Lipinski definition) is 14. The van der Waals surface area contributed by atoms with E-state index in [1.165, 1.54) is 6.92 Å². The van der Waals surface area contributed by atoms with Crippen molar-refractivity contribution >= 4 is 53.4 Å². The quantitative estimate of drug-likeness (QED) is 0.0103. The molecule has 12 N–H and O–H groups in total. The lowest BCUT2D eigenvalue weighted by Gasteiger charge is -2.28. The SMILES string of the molecule is CC(=O)NCCOC(COCCOCCOCCC(=O)NCCCC[C@@H]1NC(=O)N(Cc2ccccc2)NC(=O)[C@H](CC(=O)O)NC(=O)CNC(=O)[C@H](CCCNC(=N)N)NC1=O)N=[N+]=[N-]. The molecule has 4 atom stereocenters. The maximum absolute atomic E-state index is 13.9. The van der Waals surface area contributed by atoms with Crippen molar-refractivity contribution in [3.05, 3.63) is 46.3 Å². The van der Waals surface area contributed by atoms with Gasteiger partial charge < -0.3 is 67.0 Å². The molecule has 27 heteroatoms. The van der Waals surface area contributed by atoms with E-state index in [1.54, 1.807) is 30.3 Å². The zero-order valence-corrected chi connectivity index (χ0v) is 36.8. The summed E-state index contributed by atoms with van der Waals surface area (Å²) in [5.74, 6) is -5.77. The highest BCUT2D eigenvalue weighted by atomic mass is 16.6. The summed E-state index contributed by atoms with van der Waals surface area (Å²) in [6, 6.07) is 3.31. The van der Waals surface area contributed by atoms with Crippen LogP contribution >= 0.6 is 0 Å². The third kappa shape index (κ3) is 25.5. The van der Waals surface area contributed by atoms with Crippen LogP contribution in [0.3, 0.4) is 0 Å². The van der Waals surface area contributed by atoms with E-state index in [1.807, 2.05) is 0 Å². The normalized spacial score (nSPS) is 17.5. The summed E-state index contributed by atoms with van der Waals surface area (Å²) in [6.07, 6.45) is -0.748. The number of carbonyl (C=O) groups is 8. The molecule has 0 bridgehead atoms. The standard InChI is InChI=1S/C39H62N14O13/c1-26(54)43-15-17-66-33(50-52-42)25-65-21-20-64-19-18-63-16-12-31(55)44-13-6-5-10-29-36(60)48-28(11-7-14-45-38(40)41)35(59)46-23-32(56)47-30(22-34(57)58)37(61)51-53(39(62)49-29)24-27-8-3-2-4-9-27/h2-4,8-9,28-30,33H,5-7,10-25H2,1H3,(H,43,54)(H,44,55)(H,46,59)(H,47,56)(H,48,60)(H,49,62)(H,51,61)(H,57,58)(H4,40,41,45)/t28-,29-,30-,33?/m0/s1. The van der Waals surface area contributed by atoms with Gasteiger partial charge in [0.15, 0.2) is 12.2 Å². The average molecular weight is 935 g/mol. The predicted octanol–water partition coefficient (Wildman–Crippen LogP) is -2.05. The van der Waals surface area contributed by atoms with Crippen molar-refractivity contribution < 1.29 is 62.4 Å². The first kappa shape index (κ1) is 55.3. The van der Waals surface area contributed by atoms with Crippen molar-refractivity contribution in [3.63, 3.8) is 0 Å². The van der Waals surface area contributed by atoms with Gasteiger partial charge in [0.05, 0.1) is 65.8 Å². The first-order valence-corrected chi connectivity index (χ1v) is 21.2. The van der Waals surface area contributed by atoms with Gasteiger partial charge in [0.25, 0.3) is 5.91 Å². The Kier molecular flexibility index (Phi) is 27.5. The van der Waals surface area contributed by atoms with E-state index in [0.29, 0.717) is 12.0 Å². The van der Waals surface area contributed by atoms with E-state index in [0.717, 1.165) is 5.01 Å². The third-order valence-electron chi connectivity index (χ3n) is 9.05. The molecule has 1 aliphatic rings. The van der Waals surface area contributed by atoms with Gasteiger partial charge in [0, 0.05) is 37.9 Å². The Bertz CT molecular complexity index is 1790. The molecule has 27 nitrogen and oxygen atoms in total. The fourth-order valence-corrected chi connectivity index (χ4v) is 5.80. The first-order valence-electron chi connectivity index (χ1n) is 21.2. The number of ether oxygens (including phenoxy) is 4. The molecule has 1 aliphatic heterocycles. The predicted molar refractivity (Wildman–Crippen MR) is 232 cm³/mol. The Hall–Kier alpha value is -6.80. The Labute approximate surface area is 380 Å². The average Bonchev–Trinajstić information content (AvgIpc) is 3.27. The Balaban J connectivity index is 1.97. The van der Waals surface area contributed by atoms with Gasteiger partial charge in [-0.25, -0.2) is 9.80 Å². The summed E-state index contributed by atoms with van der Waals surface area (Å²) in [5.41, 5.74) is 16.9. The number of hydrazine groups is 1. The largest absolute Gasteiger partial charge is 0.481 e. The molecule has 1 unspecified atom stereocenters. The van der Waals surface area contributed by atoms with E-state index < -0.39 is 72.9 Å². The Morgan fingerprint density at radius 2 is 1.52 bits per heavy atom. The van der Waals surface area contributed by atoms with E-state index in [2.05, 4.69) is 52.7 Å². The summed E-state index contributed by atoms with van der Waals surface area (Å²) in [7, 11) is 0. The number of carboxylic acid groups (broad SMARTS) is 1. The number of carbonyl (C=O) groups excluding carboxylic acids is 7. The molecule has 1 aromatic rings. The molecule has 0 aromatic heterocycles. The molecule has 0 radical (unpaired) electrons. The number of unbranched alkanes of at least 4 members (excludes halogenated alkanes) is 1. The summed E-state index contributed by atoms with van der Waals surface area (Å²) >= 11 is 0. The van der Waals surface area contributed by atoms with E-state index in [-0.39, 0.29) is 122 Å². The number of aliphatic carboxylic acids is 1. The lowest BCUT2D eigenvalue weighted by Crippen LogP contribution is -2.59. The highest BCUT2D eigenvalue weighted by Gasteiger charge is 2.32. The number of hydrogen-bond donors (Lipinski definition) is 11. The molecule has 2 rings (SSSR count). The number of guanidine groups is 1. The van der Waals surface area contributed by atoms with Gasteiger partial charge in [0.1, 0.15) is 18.1 Å². The lowest BCUT2D eigenvalue weighted by atomic mass is 10.1. The minimum absolute atomic E-state index is 0.00778. The van der Waals surface area contributed by atoms with Crippen LogP contribution < -0.4 is 48.4 Å². The molecule has 366 valence electrons. The van der Waals surface area contributed by atoms with Gasteiger partial charge in [-0.3, -0.25) is 44.4 Å². The first-order chi connectivity index (χ1) is 31.7. The number of amides is 8. The molecular formula is C39H62N14O13. The van der Waals surface area contributed by atoms with Crippen molar-refractivity contribution in [2.24, 2.45) is 10.8 Å². The number of nitrogens with zero attached hydrogens (tertiary/aromatic N) is 4. The molecule has 1 fully saturated rings. The van der Waals surface area contributed by atoms with Crippen molar-refractivity contribution in [2.75, 3.05) is 72.4 Å². The highest BCUT2D eigenvalue weighted by Crippen LogP contribution is 2.09. The molecule has 66 heavy (non-hydrogen) atoms. The maximum atomic E-state index is 13.9. The summed E-state index contributed by atoms with van der Waals surface area (Å²) < 4.78 is 21.6. The monoisotopic (exact) mass is 934 g/mol. The minimum atomic E-state index is -1.66. The number of azide groups is 1. The minimum Gasteiger partial charge on any atom is -0.481 e. The second-order valence-corrected chi connectivity index (χ2v) is 14.4. The smallest absolute Gasteiger partial charge is 0.337 e. The van der Waals surface area contributed by atoms with Crippen molar-refractivity contribution in [1.29, 1.82) is 5.41 Å². The zero-order chi connectivity index (χ0) is 48.5. The maximum Gasteiger partial charge on any atom is 0.337 e. The van der Waals surface area contributed by atoms with Gasteiger partial charge in [-0.2, -0.15) is 0 Å². The summed E-state index contributed by atoms with van der Waals surface area (Å²) in [5, 5.41) is 39.0. The van der Waals surface area contributed by atoms with Crippen LogP contribution in [0.1, 0.15) is 57.4 Å². The van der Waals surface area contributed by atoms with Crippen LogP contribution in [0.15, 0.2) is 35.4 Å². The summed E-state index contributed by atoms with van der Waals surface area (Å²) in [6.45, 7) is 2.18. The number of nitrogens with two attached hydrogens (primary N) is 1. The Morgan fingerprint density at radius 3 is 2.20 bits per heavy atom. The highest BCUT2D eigenvalue weighted by molar-refractivity contribution is 5.96. The van der Waals surface area contributed by atoms with E-state index in [4.69, 9.17) is 35.6 Å². The van der Waals surface area contributed by atoms with Crippen molar-refractivity contribution in [1.82, 2.24) is 47.7 Å². The van der Waals surface area contributed by atoms with Gasteiger partial charge in [-0.1, -0.05) is 35.4 Å². The number of urea groups is 1. The molecule has 1 heterocycles. The number of rotatable bonds is 29. The molecule has 0 aliphatic carbocycles. The summed E-state index contributed by atoms with van der Waals surface area (Å²) in [4.78, 5) is 105. The molecule has 1 saturated heterocycles. The van der Waals surface area contributed by atoms with Crippen LogP contribution in [0, 0.1) is 5.41 Å². The van der Waals surface area contributed by atoms with Crippen LogP contribution in [0.25, 0.3) is 10.4 Å². The van der Waals surface area contributed by atoms with Crippen LogP contribution in [-0.2, 0) is 59.1 Å². The fourth-order valence-electron chi connectivity index (χ4n) is 5.80. The second-order valence-electron chi connectivity index (χ2n) is 14.4. The molecule has 0 spiro atoms. The van der Waals surface area contributed by atoms with Crippen LogP contribution in [0.5, 0.6) is 0 Å². The zero-order valence-electron chi connectivity index (χ0n) is 36.8. The van der Waals surface area contributed by atoms with E-state index >= 15 is 0 Å². The van der Waals surface area contributed by atoms with Crippen LogP contribution in [0.4, 0.5) is 4.79 Å². The van der Waals surface area contributed by atoms with Crippen molar-refractivity contribution in [2.45, 2.75) is 82.8 Å². The molecule has 8 amide bonds. The second kappa shape index (κ2) is 32.8. The van der Waals surface area contributed by atoms with Crippen LogP contribution in [-0.4, -0.2) is 160 Å². The number of benzene rings is 1. The number of nitrogens with one attached hydrogen (secondary N) is 9. The lowest BCUT2D eigenvalue weighted by molar-refractivity contribution is -0.141. The van der Waals surface area contributed by atoms with Gasteiger partial charge in [-0.15, -0.1) is 0 Å². The van der Waals surface area contributed by atoms with Crippen LogP contribution in [0.2, 0.25) is 0 Å². The van der Waals surface area contributed by atoms with Crippen molar-refractivity contribution in [3.8, 4) is 0 Å². The molecule has 0 saturated carbocycles. The van der Waals surface area contributed by atoms with E-state index in [9.17, 15) is 43.5 Å². The van der Waals surface area contributed by atoms with Gasteiger partial charge in [-0.05, 0) is 43.2 Å². The van der Waals surface area contributed by atoms with Gasteiger partial charge in [0.2, 0.25) is 29.5 Å². The molecule has 1 aromatic carbocycles. The molecular weight excluding hydrogens is 873 g/mol. The third-order valence-corrected chi connectivity index (χ3v) is 9.05.